The summed E-state index contributed by atoms with van der Waals surface area (Å²) >= 11 is 0. The molecule has 1 fully saturated rings. The van der Waals surface area contributed by atoms with Gasteiger partial charge in [-0.3, -0.25) is 8.98 Å². The van der Waals surface area contributed by atoms with E-state index in [-0.39, 0.29) is 22.8 Å². The van der Waals surface area contributed by atoms with Gasteiger partial charge in [-0.1, -0.05) is 35.4 Å². The molecule has 8 nitrogen and oxygen atoms in total. The first-order valence-corrected chi connectivity index (χ1v) is 12.1. The number of carbonyl (C=O) groups excluding carboxylic acids is 1. The van der Waals surface area contributed by atoms with Crippen LogP contribution < -0.4 is 0 Å². The molecule has 0 amide bonds. The average molecular weight is 454 g/mol. The molecule has 0 aliphatic carbocycles. The summed E-state index contributed by atoms with van der Waals surface area (Å²) in [6.07, 6.45) is -1.16. The topological polar surface area (TPSA) is 107 Å². The number of esters is 1. The van der Waals surface area contributed by atoms with Gasteiger partial charge in [-0.2, -0.15) is 12.7 Å². The molecule has 0 bridgehead atoms. The van der Waals surface area contributed by atoms with E-state index in [0.717, 1.165) is 22.5 Å². The number of benzene rings is 2. The lowest BCUT2D eigenvalue weighted by atomic mass is 10.2. The number of rotatable bonds is 6. The maximum Gasteiger partial charge on any atom is 0.324 e. The molecular weight excluding hydrogens is 430 g/mol. The lowest BCUT2D eigenvalue weighted by molar-refractivity contribution is -0.144. The van der Waals surface area contributed by atoms with Crippen molar-refractivity contribution in [1.29, 1.82) is 0 Å². The van der Waals surface area contributed by atoms with Crippen molar-refractivity contribution in [2.45, 2.75) is 42.2 Å². The third kappa shape index (κ3) is 4.56. The van der Waals surface area contributed by atoms with Gasteiger partial charge in [-0.25, -0.2) is 8.42 Å². The molecule has 162 valence electrons. The Morgan fingerprint density at radius 1 is 0.900 bits per heavy atom. The largest absolute Gasteiger partial charge is 0.468 e. The Kier molecular flexibility index (Phi) is 6.32. The molecule has 30 heavy (non-hydrogen) atoms. The smallest absolute Gasteiger partial charge is 0.324 e. The number of nitrogens with zero attached hydrogens (tertiary/aromatic N) is 1. The van der Waals surface area contributed by atoms with Gasteiger partial charge in [0.1, 0.15) is 6.04 Å². The van der Waals surface area contributed by atoms with Crippen LogP contribution in [-0.2, 0) is 33.9 Å². The molecular formula is C20H23NO7S2. The first-order chi connectivity index (χ1) is 14.0. The molecule has 3 rings (SSSR count). The molecule has 0 radical (unpaired) electrons. The van der Waals surface area contributed by atoms with E-state index in [1.54, 1.807) is 24.3 Å². The van der Waals surface area contributed by atoms with E-state index in [0.29, 0.717) is 0 Å². The number of hydrogen-bond acceptors (Lipinski definition) is 7. The van der Waals surface area contributed by atoms with Crippen LogP contribution in [0.2, 0.25) is 0 Å². The number of methoxy groups -OCH3 is 1. The van der Waals surface area contributed by atoms with Crippen molar-refractivity contribution in [2.24, 2.45) is 0 Å². The minimum absolute atomic E-state index is 0.00375. The van der Waals surface area contributed by atoms with Crippen LogP contribution >= 0.6 is 0 Å². The van der Waals surface area contributed by atoms with Gasteiger partial charge in [0, 0.05) is 13.0 Å². The molecule has 1 aliphatic rings. The molecule has 2 aromatic carbocycles. The summed E-state index contributed by atoms with van der Waals surface area (Å²) < 4.78 is 62.4. The number of carbonyl (C=O) groups is 1. The Hall–Kier alpha value is -2.27. The summed E-state index contributed by atoms with van der Waals surface area (Å²) in [7, 11) is -7.04. The van der Waals surface area contributed by atoms with Crippen molar-refractivity contribution in [1.82, 2.24) is 4.31 Å². The lowest BCUT2D eigenvalue weighted by Crippen LogP contribution is -2.41. The van der Waals surface area contributed by atoms with Crippen LogP contribution in [0.3, 0.4) is 0 Å². The number of ether oxygens (including phenoxy) is 1. The third-order valence-corrected chi connectivity index (χ3v) is 8.15. The maximum atomic E-state index is 13.1. The van der Waals surface area contributed by atoms with Gasteiger partial charge in [0.2, 0.25) is 10.0 Å². The summed E-state index contributed by atoms with van der Waals surface area (Å²) in [5.41, 5.74) is 1.77. The van der Waals surface area contributed by atoms with Gasteiger partial charge in [-0.05, 0) is 38.1 Å². The lowest BCUT2D eigenvalue weighted by Gasteiger charge is -2.22. The minimum Gasteiger partial charge on any atom is -0.468 e. The zero-order valence-corrected chi connectivity index (χ0v) is 18.4. The van der Waals surface area contributed by atoms with Gasteiger partial charge in [0.15, 0.2) is 0 Å². The number of aryl methyl sites for hydroxylation is 2. The van der Waals surface area contributed by atoms with Crippen molar-refractivity contribution < 1.29 is 30.6 Å². The van der Waals surface area contributed by atoms with Gasteiger partial charge >= 0.3 is 5.97 Å². The molecule has 10 heteroatoms. The highest BCUT2D eigenvalue weighted by Crippen LogP contribution is 2.30. The molecule has 0 N–H and O–H groups in total. The normalized spacial score (nSPS) is 20.2. The van der Waals surface area contributed by atoms with Crippen LogP contribution in [-0.4, -0.2) is 52.9 Å². The first kappa shape index (κ1) is 22.4. The Balaban J connectivity index is 1.88. The van der Waals surface area contributed by atoms with E-state index >= 15 is 0 Å². The molecule has 1 heterocycles. The molecule has 0 spiro atoms. The van der Waals surface area contributed by atoms with Gasteiger partial charge in [0.05, 0.1) is 23.0 Å². The Morgan fingerprint density at radius 3 is 1.90 bits per heavy atom. The predicted molar refractivity (Wildman–Crippen MR) is 109 cm³/mol. The van der Waals surface area contributed by atoms with Crippen molar-refractivity contribution in [2.75, 3.05) is 13.7 Å². The second kappa shape index (κ2) is 8.46. The van der Waals surface area contributed by atoms with E-state index in [1.165, 1.54) is 24.3 Å². The molecule has 0 saturated carbocycles. The first-order valence-electron chi connectivity index (χ1n) is 9.21. The zero-order chi connectivity index (χ0) is 22.1. The second-order valence-corrected chi connectivity index (χ2v) is 10.6. The SMILES string of the molecule is COC(=O)[C@H]1C[C@@H](OS(=O)(=O)c2ccc(C)cc2)CN1S(=O)(=O)c1ccc(C)cc1. The Bertz CT molecular complexity index is 1120. The average Bonchev–Trinajstić information content (AvgIpc) is 3.12. The summed E-state index contributed by atoms with van der Waals surface area (Å²) in [6.45, 7) is 3.35. The predicted octanol–water partition coefficient (Wildman–Crippen LogP) is 2.01. The van der Waals surface area contributed by atoms with Crippen LogP contribution in [0.25, 0.3) is 0 Å². The second-order valence-electron chi connectivity index (χ2n) is 7.15. The quantitative estimate of drug-likeness (QED) is 0.486. The van der Waals surface area contributed by atoms with E-state index < -0.39 is 38.3 Å². The minimum atomic E-state index is -4.13. The zero-order valence-electron chi connectivity index (χ0n) is 16.8. The molecule has 1 aliphatic heterocycles. The van der Waals surface area contributed by atoms with Crippen LogP contribution in [0.5, 0.6) is 0 Å². The molecule has 0 unspecified atom stereocenters. The molecule has 1 saturated heterocycles. The molecule has 2 aromatic rings. The van der Waals surface area contributed by atoms with Crippen molar-refractivity contribution in [3.05, 3.63) is 59.7 Å². The highest BCUT2D eigenvalue weighted by Gasteiger charge is 2.46. The summed E-state index contributed by atoms with van der Waals surface area (Å²) in [6, 6.07) is 11.1. The fraction of sp³-hybridized carbons (Fsp3) is 0.350. The number of sulfonamides is 1. The maximum absolute atomic E-state index is 13.1. The van der Waals surface area contributed by atoms with Crippen LogP contribution in [0.15, 0.2) is 58.3 Å². The van der Waals surface area contributed by atoms with E-state index in [4.69, 9.17) is 8.92 Å². The highest BCUT2D eigenvalue weighted by atomic mass is 32.2. The van der Waals surface area contributed by atoms with Crippen LogP contribution in [0, 0.1) is 13.8 Å². The Labute approximate surface area is 176 Å². The van der Waals surface area contributed by atoms with Gasteiger partial charge < -0.3 is 4.74 Å². The summed E-state index contributed by atoms with van der Waals surface area (Å²) in [5.74, 6) is -0.774. The van der Waals surface area contributed by atoms with Crippen molar-refractivity contribution in [3.8, 4) is 0 Å². The van der Waals surface area contributed by atoms with E-state index in [2.05, 4.69) is 0 Å². The monoisotopic (exact) mass is 453 g/mol. The standard InChI is InChI=1S/C20H23NO7S2/c1-14-4-8-17(9-5-14)29(23,24)21-13-16(12-19(21)20(22)27-3)28-30(25,26)18-10-6-15(2)7-11-18/h4-11,16,19H,12-13H2,1-3H3/t16-,19-/m1/s1. The number of hydrogen-bond donors (Lipinski definition) is 0. The van der Waals surface area contributed by atoms with E-state index in [9.17, 15) is 21.6 Å². The van der Waals surface area contributed by atoms with Crippen LogP contribution in [0.1, 0.15) is 17.5 Å². The van der Waals surface area contributed by atoms with Crippen molar-refractivity contribution >= 4 is 26.1 Å². The van der Waals surface area contributed by atoms with E-state index in [1.807, 2.05) is 13.8 Å². The fourth-order valence-corrected chi connectivity index (χ4v) is 5.94. The highest BCUT2D eigenvalue weighted by molar-refractivity contribution is 7.89. The summed E-state index contributed by atoms with van der Waals surface area (Å²) in [5, 5.41) is 0. The van der Waals surface area contributed by atoms with Gasteiger partial charge in [0.25, 0.3) is 10.1 Å². The fourth-order valence-electron chi connectivity index (χ4n) is 3.24. The molecule has 0 aromatic heterocycles. The van der Waals surface area contributed by atoms with Gasteiger partial charge in [-0.15, -0.1) is 0 Å². The van der Waals surface area contributed by atoms with Crippen molar-refractivity contribution in [3.63, 3.8) is 0 Å². The van der Waals surface area contributed by atoms with Crippen LogP contribution in [0.4, 0.5) is 0 Å². The third-order valence-electron chi connectivity index (χ3n) is 4.89. The molecule has 2 atom stereocenters. The summed E-state index contributed by atoms with van der Waals surface area (Å²) in [4.78, 5) is 12.2. The Morgan fingerprint density at radius 2 is 1.40 bits per heavy atom.